The van der Waals surface area contributed by atoms with Gasteiger partial charge in [0.05, 0.1) is 18.3 Å². The lowest BCUT2D eigenvalue weighted by Gasteiger charge is -2.18. The Morgan fingerprint density at radius 2 is 2.28 bits per heavy atom. The van der Waals surface area contributed by atoms with Gasteiger partial charge in [-0.3, -0.25) is 0 Å². The van der Waals surface area contributed by atoms with Crippen LogP contribution in [0.2, 0.25) is 0 Å². The molecule has 1 aliphatic rings. The minimum atomic E-state index is -0.444. The van der Waals surface area contributed by atoms with Crippen LogP contribution in [0.4, 0.5) is 0 Å². The maximum absolute atomic E-state index is 11.9. The van der Waals surface area contributed by atoms with Gasteiger partial charge in [-0.1, -0.05) is 17.7 Å². The highest BCUT2D eigenvalue weighted by atomic mass is 16.5. The fraction of sp³-hybridized carbons (Fsp3) is 0.500. The summed E-state index contributed by atoms with van der Waals surface area (Å²) in [5, 5.41) is 13.1. The zero-order chi connectivity index (χ0) is 13.1. The standard InChI is InChI=1S/C14H19NO3/c1-3-18-14(17)10-5-4-9(2)6-11(10)12-7-15-8-13(12)16/h4-6,12-13,15-16H,3,7-8H2,1-2H3/t12-,13+/m0/s1. The first-order valence-corrected chi connectivity index (χ1v) is 6.30. The second-order valence-electron chi connectivity index (χ2n) is 4.64. The lowest BCUT2D eigenvalue weighted by atomic mass is 9.90. The van der Waals surface area contributed by atoms with Gasteiger partial charge in [-0.25, -0.2) is 4.79 Å². The van der Waals surface area contributed by atoms with E-state index in [1.165, 1.54) is 0 Å². The average molecular weight is 249 g/mol. The lowest BCUT2D eigenvalue weighted by molar-refractivity contribution is 0.0523. The van der Waals surface area contributed by atoms with Crippen molar-refractivity contribution in [2.24, 2.45) is 0 Å². The number of carbonyl (C=O) groups is 1. The molecule has 4 heteroatoms. The Labute approximate surface area is 107 Å². The summed E-state index contributed by atoms with van der Waals surface area (Å²) in [7, 11) is 0. The molecule has 1 saturated heterocycles. The number of hydrogen-bond donors (Lipinski definition) is 2. The van der Waals surface area contributed by atoms with Crippen molar-refractivity contribution < 1.29 is 14.6 Å². The number of rotatable bonds is 3. The van der Waals surface area contributed by atoms with Gasteiger partial charge in [-0.15, -0.1) is 0 Å². The van der Waals surface area contributed by atoms with E-state index in [0.29, 0.717) is 25.3 Å². The topological polar surface area (TPSA) is 58.6 Å². The maximum atomic E-state index is 11.9. The molecule has 0 aliphatic carbocycles. The molecule has 2 atom stereocenters. The molecule has 0 saturated carbocycles. The molecule has 1 heterocycles. The molecular weight excluding hydrogens is 230 g/mol. The molecule has 18 heavy (non-hydrogen) atoms. The zero-order valence-corrected chi connectivity index (χ0v) is 10.8. The third-order valence-electron chi connectivity index (χ3n) is 3.28. The highest BCUT2D eigenvalue weighted by molar-refractivity contribution is 5.91. The fourth-order valence-electron chi connectivity index (χ4n) is 2.37. The molecule has 1 fully saturated rings. The van der Waals surface area contributed by atoms with Gasteiger partial charge in [0.25, 0.3) is 0 Å². The number of benzene rings is 1. The van der Waals surface area contributed by atoms with Gasteiger partial charge in [-0.05, 0) is 25.5 Å². The molecule has 4 nitrogen and oxygen atoms in total. The molecule has 1 aliphatic heterocycles. The second kappa shape index (κ2) is 5.50. The maximum Gasteiger partial charge on any atom is 0.338 e. The molecule has 0 radical (unpaired) electrons. The van der Waals surface area contributed by atoms with Crippen LogP contribution < -0.4 is 5.32 Å². The van der Waals surface area contributed by atoms with Gasteiger partial charge >= 0.3 is 5.97 Å². The van der Waals surface area contributed by atoms with E-state index in [0.717, 1.165) is 11.1 Å². The second-order valence-corrected chi connectivity index (χ2v) is 4.64. The van der Waals surface area contributed by atoms with Crippen LogP contribution in [0, 0.1) is 6.92 Å². The van der Waals surface area contributed by atoms with Crippen LogP contribution >= 0.6 is 0 Å². The number of aryl methyl sites for hydroxylation is 1. The van der Waals surface area contributed by atoms with Crippen LogP contribution in [0.15, 0.2) is 18.2 Å². The molecule has 1 aromatic carbocycles. The van der Waals surface area contributed by atoms with E-state index in [1.807, 2.05) is 19.1 Å². The van der Waals surface area contributed by atoms with E-state index in [4.69, 9.17) is 4.74 Å². The Hall–Kier alpha value is -1.39. The van der Waals surface area contributed by atoms with Crippen molar-refractivity contribution in [2.75, 3.05) is 19.7 Å². The van der Waals surface area contributed by atoms with Crippen LogP contribution in [-0.2, 0) is 4.74 Å². The molecule has 0 unspecified atom stereocenters. The predicted octanol–water partition coefficient (Wildman–Crippen LogP) is 1.22. The Balaban J connectivity index is 2.37. The monoisotopic (exact) mass is 249 g/mol. The summed E-state index contributed by atoms with van der Waals surface area (Å²) >= 11 is 0. The number of nitrogens with one attached hydrogen (secondary N) is 1. The first-order valence-electron chi connectivity index (χ1n) is 6.30. The van der Waals surface area contributed by atoms with Crippen LogP contribution in [0.25, 0.3) is 0 Å². The largest absolute Gasteiger partial charge is 0.462 e. The molecule has 0 spiro atoms. The number of carbonyl (C=O) groups excluding carboxylic acids is 1. The molecule has 98 valence electrons. The van der Waals surface area contributed by atoms with Crippen LogP contribution in [-0.4, -0.2) is 36.9 Å². The SMILES string of the molecule is CCOC(=O)c1ccc(C)cc1[C@@H]1CNC[C@H]1O. The smallest absolute Gasteiger partial charge is 0.338 e. The van der Waals surface area contributed by atoms with Crippen LogP contribution in [0.3, 0.4) is 0 Å². The molecule has 0 amide bonds. The van der Waals surface area contributed by atoms with Crippen molar-refractivity contribution in [2.45, 2.75) is 25.9 Å². The van der Waals surface area contributed by atoms with E-state index in [9.17, 15) is 9.90 Å². The number of ether oxygens (including phenoxy) is 1. The summed E-state index contributed by atoms with van der Waals surface area (Å²) in [5.41, 5.74) is 2.53. The van der Waals surface area contributed by atoms with E-state index in [-0.39, 0.29) is 11.9 Å². The van der Waals surface area contributed by atoms with Crippen molar-refractivity contribution in [3.05, 3.63) is 34.9 Å². The molecule has 2 rings (SSSR count). The van der Waals surface area contributed by atoms with Gasteiger partial charge < -0.3 is 15.2 Å². The summed E-state index contributed by atoms with van der Waals surface area (Å²) in [6, 6.07) is 5.64. The third kappa shape index (κ3) is 2.54. The minimum Gasteiger partial charge on any atom is -0.462 e. The summed E-state index contributed by atoms with van der Waals surface area (Å²) < 4.78 is 5.06. The Morgan fingerprint density at radius 1 is 1.50 bits per heavy atom. The number of aliphatic hydroxyl groups excluding tert-OH is 1. The summed E-state index contributed by atoms with van der Waals surface area (Å²) in [6.07, 6.45) is -0.444. The summed E-state index contributed by atoms with van der Waals surface area (Å²) in [5.74, 6) is -0.351. The van der Waals surface area contributed by atoms with Gasteiger partial charge in [0.2, 0.25) is 0 Å². The normalized spacial score (nSPS) is 23.1. The van der Waals surface area contributed by atoms with Crippen LogP contribution in [0.1, 0.15) is 34.3 Å². The molecular formula is C14H19NO3. The van der Waals surface area contributed by atoms with E-state index in [1.54, 1.807) is 13.0 Å². The lowest BCUT2D eigenvalue weighted by Crippen LogP contribution is -2.19. The summed E-state index contributed by atoms with van der Waals surface area (Å²) in [4.78, 5) is 11.9. The fourth-order valence-corrected chi connectivity index (χ4v) is 2.37. The van der Waals surface area contributed by atoms with Crippen molar-refractivity contribution in [3.63, 3.8) is 0 Å². The van der Waals surface area contributed by atoms with Gasteiger partial charge in [-0.2, -0.15) is 0 Å². The van der Waals surface area contributed by atoms with Gasteiger partial charge in [0, 0.05) is 19.0 Å². The Morgan fingerprint density at radius 3 is 2.89 bits per heavy atom. The minimum absolute atomic E-state index is 0.0377. The number of esters is 1. The number of aliphatic hydroxyl groups is 1. The average Bonchev–Trinajstić information content (AvgIpc) is 2.75. The van der Waals surface area contributed by atoms with Gasteiger partial charge in [0.15, 0.2) is 0 Å². The van der Waals surface area contributed by atoms with E-state index >= 15 is 0 Å². The molecule has 1 aromatic rings. The zero-order valence-electron chi connectivity index (χ0n) is 10.8. The highest BCUT2D eigenvalue weighted by Crippen LogP contribution is 2.27. The summed E-state index contributed by atoms with van der Waals surface area (Å²) in [6.45, 7) is 5.39. The number of β-amino-alcohol motifs (C(OH)–C–C–N with tert-alkyl or cyclic N) is 1. The quantitative estimate of drug-likeness (QED) is 0.791. The third-order valence-corrected chi connectivity index (χ3v) is 3.28. The highest BCUT2D eigenvalue weighted by Gasteiger charge is 2.30. The Kier molecular flexibility index (Phi) is 3.99. The van der Waals surface area contributed by atoms with Crippen molar-refractivity contribution in [3.8, 4) is 0 Å². The molecule has 0 bridgehead atoms. The van der Waals surface area contributed by atoms with Crippen molar-refractivity contribution >= 4 is 5.97 Å². The molecule has 2 N–H and O–H groups in total. The Bertz CT molecular complexity index is 445. The van der Waals surface area contributed by atoms with E-state index in [2.05, 4.69) is 5.32 Å². The number of hydrogen-bond acceptors (Lipinski definition) is 4. The van der Waals surface area contributed by atoms with Gasteiger partial charge in [0.1, 0.15) is 0 Å². The van der Waals surface area contributed by atoms with E-state index < -0.39 is 6.10 Å². The molecule has 0 aromatic heterocycles. The first kappa shape index (κ1) is 13.1. The van der Waals surface area contributed by atoms with Crippen molar-refractivity contribution in [1.82, 2.24) is 5.32 Å². The van der Waals surface area contributed by atoms with Crippen LogP contribution in [0.5, 0.6) is 0 Å². The van der Waals surface area contributed by atoms with Crippen molar-refractivity contribution in [1.29, 1.82) is 0 Å². The first-order chi connectivity index (χ1) is 8.63. The predicted molar refractivity (Wildman–Crippen MR) is 68.8 cm³/mol.